The molecule has 0 saturated carbocycles. The van der Waals surface area contributed by atoms with Gasteiger partial charge in [-0.25, -0.2) is 0 Å². The van der Waals surface area contributed by atoms with Gasteiger partial charge in [0.15, 0.2) is 0 Å². The molecule has 2 rings (SSSR count). The SMILES string of the molecule is CC.COCC(CSc1ccsc1)OCC1CO1. The first-order valence-corrected chi connectivity index (χ1v) is 8.18. The third-order valence-electron chi connectivity index (χ3n) is 2.20. The summed E-state index contributed by atoms with van der Waals surface area (Å²) < 4.78 is 16.0. The number of epoxide rings is 1. The highest BCUT2D eigenvalue weighted by Gasteiger charge is 2.24. The van der Waals surface area contributed by atoms with E-state index in [1.165, 1.54) is 4.90 Å². The van der Waals surface area contributed by atoms with E-state index in [0.29, 0.717) is 19.3 Å². The first-order valence-electron chi connectivity index (χ1n) is 6.25. The molecule has 0 aliphatic carbocycles. The lowest BCUT2D eigenvalue weighted by Crippen LogP contribution is -2.24. The van der Waals surface area contributed by atoms with Crippen molar-refractivity contribution in [1.29, 1.82) is 0 Å². The van der Waals surface area contributed by atoms with Crippen LogP contribution in [0.15, 0.2) is 21.7 Å². The number of hydrogen-bond acceptors (Lipinski definition) is 5. The number of methoxy groups -OCH3 is 1. The van der Waals surface area contributed by atoms with Gasteiger partial charge in [0.1, 0.15) is 6.10 Å². The Morgan fingerprint density at radius 3 is 2.89 bits per heavy atom. The second-order valence-electron chi connectivity index (χ2n) is 3.64. The number of thioether (sulfide) groups is 1. The fraction of sp³-hybridized carbons (Fsp3) is 0.692. The zero-order valence-corrected chi connectivity index (χ0v) is 12.9. The lowest BCUT2D eigenvalue weighted by Gasteiger charge is -2.15. The molecule has 104 valence electrons. The van der Waals surface area contributed by atoms with Gasteiger partial charge in [-0.15, -0.1) is 11.8 Å². The van der Waals surface area contributed by atoms with Crippen LogP contribution in [-0.4, -0.2) is 44.9 Å². The van der Waals surface area contributed by atoms with Crippen LogP contribution in [0.4, 0.5) is 0 Å². The maximum atomic E-state index is 5.74. The van der Waals surface area contributed by atoms with E-state index in [4.69, 9.17) is 14.2 Å². The molecular weight excluding hydrogens is 268 g/mol. The molecule has 2 heterocycles. The van der Waals surface area contributed by atoms with Crippen molar-refractivity contribution in [2.75, 3.05) is 32.7 Å². The van der Waals surface area contributed by atoms with Gasteiger partial charge in [0.05, 0.1) is 25.9 Å². The normalized spacial score (nSPS) is 18.9. The molecule has 1 aromatic rings. The summed E-state index contributed by atoms with van der Waals surface area (Å²) in [6, 6.07) is 2.13. The summed E-state index contributed by atoms with van der Waals surface area (Å²) in [5, 5.41) is 4.24. The van der Waals surface area contributed by atoms with Crippen molar-refractivity contribution in [2.24, 2.45) is 0 Å². The maximum absolute atomic E-state index is 5.74. The van der Waals surface area contributed by atoms with Gasteiger partial charge in [-0.05, 0) is 11.4 Å². The molecule has 1 fully saturated rings. The van der Waals surface area contributed by atoms with E-state index in [9.17, 15) is 0 Å². The van der Waals surface area contributed by atoms with E-state index in [2.05, 4.69) is 16.8 Å². The minimum absolute atomic E-state index is 0.152. The van der Waals surface area contributed by atoms with Crippen LogP contribution < -0.4 is 0 Å². The highest BCUT2D eigenvalue weighted by atomic mass is 32.2. The molecule has 0 aromatic carbocycles. The Morgan fingerprint density at radius 2 is 2.33 bits per heavy atom. The standard InChI is InChI=1S/C11H16O3S2.C2H6/c1-12-4-10(14-6-9-5-13-9)7-16-11-2-3-15-8-11;1-2/h2-3,8-10H,4-7H2,1H3;1-2H3. The largest absolute Gasteiger partial charge is 0.382 e. The molecule has 1 saturated heterocycles. The average molecular weight is 290 g/mol. The first-order chi connectivity index (χ1) is 8.88. The van der Waals surface area contributed by atoms with Crippen molar-refractivity contribution in [1.82, 2.24) is 0 Å². The monoisotopic (exact) mass is 290 g/mol. The van der Waals surface area contributed by atoms with Gasteiger partial charge in [0.25, 0.3) is 0 Å². The predicted octanol–water partition coefficient (Wildman–Crippen LogP) is 3.30. The molecule has 2 atom stereocenters. The van der Waals surface area contributed by atoms with E-state index in [0.717, 1.165) is 12.4 Å². The molecule has 1 aromatic heterocycles. The number of rotatable bonds is 8. The Bertz CT molecular complexity index is 286. The zero-order chi connectivity index (χ0) is 13.2. The minimum atomic E-state index is 0.152. The van der Waals surface area contributed by atoms with Gasteiger partial charge in [-0.1, -0.05) is 13.8 Å². The van der Waals surface area contributed by atoms with Crippen molar-refractivity contribution in [3.05, 3.63) is 16.8 Å². The smallest absolute Gasteiger partial charge is 0.104 e. The summed E-state index contributed by atoms with van der Waals surface area (Å²) in [4.78, 5) is 1.30. The highest BCUT2D eigenvalue weighted by Crippen LogP contribution is 2.22. The summed E-state index contributed by atoms with van der Waals surface area (Å²) >= 11 is 3.53. The van der Waals surface area contributed by atoms with Crippen LogP contribution in [-0.2, 0) is 14.2 Å². The molecule has 0 bridgehead atoms. The Balaban J connectivity index is 0.000000771. The van der Waals surface area contributed by atoms with Crippen LogP contribution in [0.25, 0.3) is 0 Å². The Labute approximate surface area is 118 Å². The van der Waals surface area contributed by atoms with Crippen molar-refractivity contribution < 1.29 is 14.2 Å². The van der Waals surface area contributed by atoms with Crippen molar-refractivity contribution in [3.8, 4) is 0 Å². The van der Waals surface area contributed by atoms with E-state index in [1.807, 2.05) is 25.6 Å². The topological polar surface area (TPSA) is 31.0 Å². The second kappa shape index (κ2) is 9.81. The molecule has 18 heavy (non-hydrogen) atoms. The second-order valence-corrected chi connectivity index (χ2v) is 5.51. The van der Waals surface area contributed by atoms with Crippen LogP contribution >= 0.6 is 23.1 Å². The molecule has 2 unspecified atom stereocenters. The molecule has 5 heteroatoms. The van der Waals surface area contributed by atoms with Gasteiger partial charge in [0, 0.05) is 23.1 Å². The molecule has 0 spiro atoms. The van der Waals surface area contributed by atoms with Crippen LogP contribution in [0.5, 0.6) is 0 Å². The Hall–Kier alpha value is -0.0700. The van der Waals surface area contributed by atoms with Crippen LogP contribution in [0.3, 0.4) is 0 Å². The third-order valence-corrected chi connectivity index (χ3v) is 4.16. The summed E-state index contributed by atoms with van der Waals surface area (Å²) in [5.41, 5.74) is 0. The van der Waals surface area contributed by atoms with Crippen molar-refractivity contribution >= 4 is 23.1 Å². The summed E-state index contributed by atoms with van der Waals surface area (Å²) in [6.07, 6.45) is 0.476. The fourth-order valence-corrected chi connectivity index (χ4v) is 3.04. The van der Waals surface area contributed by atoms with E-state index in [-0.39, 0.29) is 6.10 Å². The number of ether oxygens (including phenoxy) is 3. The van der Waals surface area contributed by atoms with Crippen LogP contribution in [0, 0.1) is 0 Å². The van der Waals surface area contributed by atoms with Crippen molar-refractivity contribution in [2.45, 2.75) is 31.0 Å². The van der Waals surface area contributed by atoms with Gasteiger partial charge in [-0.2, -0.15) is 11.3 Å². The molecule has 1 aliphatic rings. The molecule has 0 amide bonds. The lowest BCUT2D eigenvalue weighted by molar-refractivity contribution is 0.00566. The first kappa shape index (κ1) is 16.0. The van der Waals surface area contributed by atoms with E-state index in [1.54, 1.807) is 18.4 Å². The summed E-state index contributed by atoms with van der Waals surface area (Å²) in [5.74, 6) is 0.928. The summed E-state index contributed by atoms with van der Waals surface area (Å²) in [7, 11) is 1.71. The van der Waals surface area contributed by atoms with Gasteiger partial charge in [0.2, 0.25) is 0 Å². The molecule has 1 aliphatic heterocycles. The summed E-state index contributed by atoms with van der Waals surface area (Å²) in [6.45, 7) is 6.18. The number of hydrogen-bond donors (Lipinski definition) is 0. The van der Waals surface area contributed by atoms with E-state index >= 15 is 0 Å². The molecular formula is C13H22O3S2. The third kappa shape index (κ3) is 6.75. The van der Waals surface area contributed by atoms with Crippen LogP contribution in [0.1, 0.15) is 13.8 Å². The number of thiophene rings is 1. The van der Waals surface area contributed by atoms with Gasteiger partial charge >= 0.3 is 0 Å². The van der Waals surface area contributed by atoms with Crippen LogP contribution in [0.2, 0.25) is 0 Å². The lowest BCUT2D eigenvalue weighted by atomic mass is 10.4. The maximum Gasteiger partial charge on any atom is 0.104 e. The fourth-order valence-electron chi connectivity index (χ4n) is 1.26. The molecule has 0 N–H and O–H groups in total. The molecule has 3 nitrogen and oxygen atoms in total. The van der Waals surface area contributed by atoms with E-state index < -0.39 is 0 Å². The van der Waals surface area contributed by atoms with Crippen molar-refractivity contribution in [3.63, 3.8) is 0 Å². The molecule has 0 radical (unpaired) electrons. The zero-order valence-electron chi connectivity index (χ0n) is 11.3. The Morgan fingerprint density at radius 1 is 1.56 bits per heavy atom. The average Bonchev–Trinajstić information content (AvgIpc) is 3.09. The predicted molar refractivity (Wildman–Crippen MR) is 77.7 cm³/mol. The Kier molecular flexibility index (Phi) is 8.71. The van der Waals surface area contributed by atoms with Gasteiger partial charge < -0.3 is 14.2 Å². The minimum Gasteiger partial charge on any atom is -0.382 e. The highest BCUT2D eigenvalue weighted by molar-refractivity contribution is 7.99. The quantitative estimate of drug-likeness (QED) is 0.543. The van der Waals surface area contributed by atoms with Gasteiger partial charge in [-0.3, -0.25) is 0 Å².